The van der Waals surface area contributed by atoms with Gasteiger partial charge < -0.3 is 9.47 Å². The number of ether oxygens (including phenoxy) is 2. The Labute approximate surface area is 188 Å². The van der Waals surface area contributed by atoms with Gasteiger partial charge in [-0.25, -0.2) is 0 Å². The van der Waals surface area contributed by atoms with Gasteiger partial charge in [0, 0.05) is 6.04 Å². The van der Waals surface area contributed by atoms with Gasteiger partial charge in [-0.15, -0.1) is 0 Å². The average Bonchev–Trinajstić information content (AvgIpc) is 3.01. The molecule has 2 aromatic rings. The lowest BCUT2D eigenvalue weighted by Crippen LogP contribution is -2.36. The van der Waals surface area contributed by atoms with Crippen LogP contribution in [-0.4, -0.2) is 27.8 Å². The van der Waals surface area contributed by atoms with E-state index in [1.54, 1.807) is 4.90 Å². The number of hydrogen-bond acceptors (Lipinski definition) is 5. The number of carbonyl (C=O) groups is 1. The fourth-order valence-corrected chi connectivity index (χ4v) is 4.50. The summed E-state index contributed by atoms with van der Waals surface area (Å²) in [5, 5.41) is 0. The highest BCUT2D eigenvalue weighted by Gasteiger charge is 2.34. The number of benzene rings is 2. The van der Waals surface area contributed by atoms with Gasteiger partial charge in [0.15, 0.2) is 11.5 Å². The van der Waals surface area contributed by atoms with Gasteiger partial charge in [0.1, 0.15) is 10.9 Å². The predicted octanol–water partition coefficient (Wildman–Crippen LogP) is 5.97. The molecule has 1 aliphatic heterocycles. The molecule has 3 rings (SSSR count). The highest BCUT2D eigenvalue weighted by molar-refractivity contribution is 8.26. The molecule has 1 aliphatic rings. The van der Waals surface area contributed by atoms with Crippen LogP contribution in [0.5, 0.6) is 11.5 Å². The zero-order valence-electron chi connectivity index (χ0n) is 17.8. The second kappa shape index (κ2) is 10.1. The summed E-state index contributed by atoms with van der Waals surface area (Å²) in [7, 11) is 0. The van der Waals surface area contributed by atoms with Crippen LogP contribution >= 0.6 is 24.0 Å². The summed E-state index contributed by atoms with van der Waals surface area (Å²) >= 11 is 6.76. The van der Waals surface area contributed by atoms with E-state index in [2.05, 4.69) is 38.1 Å². The molecule has 1 fully saturated rings. The molecule has 158 valence electrons. The summed E-state index contributed by atoms with van der Waals surface area (Å²) in [5.41, 5.74) is 3.20. The maximum Gasteiger partial charge on any atom is 0.266 e. The Morgan fingerprint density at radius 2 is 1.83 bits per heavy atom. The minimum absolute atomic E-state index is 0.0305. The fourth-order valence-electron chi connectivity index (χ4n) is 3.04. The first-order chi connectivity index (χ1) is 14.4. The molecular formula is C24H27NO3S2. The molecule has 1 amide bonds. The SMILES string of the molecule is CCOc1cc(C=C2SC(=S)N(C(C)CC)C2=O)ccc1OCc1ccc(C)cc1. The van der Waals surface area contributed by atoms with E-state index in [1.165, 1.54) is 17.3 Å². The Morgan fingerprint density at radius 3 is 2.50 bits per heavy atom. The molecule has 2 aromatic carbocycles. The molecule has 0 aromatic heterocycles. The Kier molecular flexibility index (Phi) is 7.56. The van der Waals surface area contributed by atoms with E-state index in [1.807, 2.05) is 38.1 Å². The highest BCUT2D eigenvalue weighted by atomic mass is 32.2. The smallest absolute Gasteiger partial charge is 0.266 e. The van der Waals surface area contributed by atoms with Crippen molar-refractivity contribution >= 4 is 40.3 Å². The summed E-state index contributed by atoms with van der Waals surface area (Å²) in [6.07, 6.45) is 2.73. The molecule has 0 spiro atoms. The molecule has 0 N–H and O–H groups in total. The number of thiocarbonyl (C=S) groups is 1. The number of amides is 1. The van der Waals surface area contributed by atoms with Crippen LogP contribution in [0.4, 0.5) is 0 Å². The Bertz CT molecular complexity index is 953. The van der Waals surface area contributed by atoms with Gasteiger partial charge in [0.2, 0.25) is 0 Å². The minimum atomic E-state index is -0.0305. The predicted molar refractivity (Wildman–Crippen MR) is 128 cm³/mol. The summed E-state index contributed by atoms with van der Waals surface area (Å²) in [6.45, 7) is 9.06. The molecule has 6 heteroatoms. The molecule has 0 radical (unpaired) electrons. The van der Waals surface area contributed by atoms with Crippen LogP contribution < -0.4 is 9.47 Å². The van der Waals surface area contributed by atoms with Crippen LogP contribution in [0.2, 0.25) is 0 Å². The van der Waals surface area contributed by atoms with Crippen molar-refractivity contribution < 1.29 is 14.3 Å². The van der Waals surface area contributed by atoms with Crippen LogP contribution in [0.1, 0.15) is 43.9 Å². The molecule has 1 saturated heterocycles. The normalized spacial score (nSPS) is 16.3. The quantitative estimate of drug-likeness (QED) is 0.373. The topological polar surface area (TPSA) is 38.8 Å². The molecule has 1 heterocycles. The number of thioether (sulfide) groups is 1. The number of rotatable bonds is 8. The Balaban J connectivity index is 1.79. The molecule has 1 unspecified atom stereocenters. The maximum atomic E-state index is 12.8. The fraction of sp³-hybridized carbons (Fsp3) is 0.333. The highest BCUT2D eigenvalue weighted by Crippen LogP contribution is 2.36. The van der Waals surface area contributed by atoms with Gasteiger partial charge in [-0.1, -0.05) is 66.8 Å². The Hall–Kier alpha value is -2.31. The van der Waals surface area contributed by atoms with Gasteiger partial charge in [0.05, 0.1) is 11.5 Å². The second-order valence-electron chi connectivity index (χ2n) is 7.22. The molecule has 0 aliphatic carbocycles. The van der Waals surface area contributed by atoms with Crippen LogP contribution in [0.3, 0.4) is 0 Å². The summed E-state index contributed by atoms with van der Waals surface area (Å²) in [4.78, 5) is 15.1. The third-order valence-corrected chi connectivity index (χ3v) is 6.27. The first-order valence-corrected chi connectivity index (χ1v) is 11.4. The van der Waals surface area contributed by atoms with Crippen LogP contribution in [-0.2, 0) is 11.4 Å². The van der Waals surface area contributed by atoms with Crippen molar-refractivity contribution in [2.75, 3.05) is 6.61 Å². The van der Waals surface area contributed by atoms with Gasteiger partial charge in [-0.2, -0.15) is 0 Å². The first-order valence-electron chi connectivity index (χ1n) is 10.1. The van der Waals surface area contributed by atoms with Crippen LogP contribution in [0.25, 0.3) is 6.08 Å². The van der Waals surface area contributed by atoms with E-state index >= 15 is 0 Å². The lowest BCUT2D eigenvalue weighted by molar-refractivity contribution is -0.123. The van der Waals surface area contributed by atoms with Gasteiger partial charge in [0.25, 0.3) is 5.91 Å². The van der Waals surface area contributed by atoms with Crippen molar-refractivity contribution in [2.45, 2.75) is 46.8 Å². The summed E-state index contributed by atoms with van der Waals surface area (Å²) in [6, 6.07) is 14.1. The van der Waals surface area contributed by atoms with Gasteiger partial charge in [-0.05, 0) is 56.5 Å². The van der Waals surface area contributed by atoms with Crippen molar-refractivity contribution in [3.63, 3.8) is 0 Å². The van der Waals surface area contributed by atoms with Crippen molar-refractivity contribution in [1.29, 1.82) is 0 Å². The third-order valence-electron chi connectivity index (χ3n) is 4.94. The van der Waals surface area contributed by atoms with Crippen LogP contribution in [0, 0.1) is 6.92 Å². The summed E-state index contributed by atoms with van der Waals surface area (Å²) in [5.74, 6) is 1.31. The number of nitrogens with zero attached hydrogens (tertiary/aromatic N) is 1. The molecule has 0 saturated carbocycles. The molecule has 1 atom stereocenters. The minimum Gasteiger partial charge on any atom is -0.490 e. The molecule has 4 nitrogen and oxygen atoms in total. The first kappa shape index (κ1) is 22.4. The lowest BCUT2D eigenvalue weighted by Gasteiger charge is -2.21. The lowest BCUT2D eigenvalue weighted by atomic mass is 10.1. The standard InChI is InChI=1S/C24H27NO3S2/c1-5-17(4)25-23(26)22(30-24(25)29)14-19-11-12-20(21(13-19)27-6-2)28-15-18-9-7-16(3)8-10-18/h7-14,17H,5-6,15H2,1-4H3. The van der Waals surface area contributed by atoms with E-state index < -0.39 is 0 Å². The number of hydrogen-bond donors (Lipinski definition) is 0. The molecule has 30 heavy (non-hydrogen) atoms. The third kappa shape index (κ3) is 5.24. The monoisotopic (exact) mass is 441 g/mol. The zero-order valence-corrected chi connectivity index (χ0v) is 19.4. The van der Waals surface area contributed by atoms with E-state index in [9.17, 15) is 4.79 Å². The molecular weight excluding hydrogens is 414 g/mol. The van der Waals surface area contributed by atoms with Crippen molar-refractivity contribution in [3.05, 3.63) is 64.1 Å². The zero-order chi connectivity index (χ0) is 21.7. The van der Waals surface area contributed by atoms with E-state index in [4.69, 9.17) is 21.7 Å². The number of aryl methyl sites for hydroxylation is 1. The average molecular weight is 442 g/mol. The maximum absolute atomic E-state index is 12.8. The van der Waals surface area contributed by atoms with Gasteiger partial charge >= 0.3 is 0 Å². The number of carbonyl (C=O) groups excluding carboxylic acids is 1. The second-order valence-corrected chi connectivity index (χ2v) is 8.90. The van der Waals surface area contributed by atoms with Crippen molar-refractivity contribution in [3.8, 4) is 11.5 Å². The van der Waals surface area contributed by atoms with E-state index in [0.29, 0.717) is 33.9 Å². The van der Waals surface area contributed by atoms with Gasteiger partial charge in [-0.3, -0.25) is 9.69 Å². The van der Waals surface area contributed by atoms with E-state index in [0.717, 1.165) is 17.5 Å². The van der Waals surface area contributed by atoms with Crippen molar-refractivity contribution in [2.24, 2.45) is 0 Å². The van der Waals surface area contributed by atoms with Crippen LogP contribution in [0.15, 0.2) is 47.4 Å². The summed E-state index contributed by atoms with van der Waals surface area (Å²) < 4.78 is 12.4. The van der Waals surface area contributed by atoms with Crippen molar-refractivity contribution in [1.82, 2.24) is 4.90 Å². The van der Waals surface area contributed by atoms with E-state index in [-0.39, 0.29) is 11.9 Å². The largest absolute Gasteiger partial charge is 0.490 e. The molecule has 0 bridgehead atoms. The Morgan fingerprint density at radius 1 is 1.10 bits per heavy atom.